The van der Waals surface area contributed by atoms with E-state index in [2.05, 4.69) is 20.8 Å². The monoisotopic (exact) mass is 236 g/mol. The molecule has 96 valence electrons. The second-order valence-electron chi connectivity index (χ2n) is 4.98. The smallest absolute Gasteiger partial charge is 0.308 e. The summed E-state index contributed by atoms with van der Waals surface area (Å²) in [6.07, 6.45) is 1.02. The van der Waals surface area contributed by atoms with E-state index in [0.29, 0.717) is 5.75 Å². The van der Waals surface area contributed by atoms with Gasteiger partial charge in [-0.2, -0.15) is 0 Å². The second-order valence-corrected chi connectivity index (χ2v) is 4.98. The quantitative estimate of drug-likeness (QED) is 0.567. The molecule has 0 aliphatic carbocycles. The summed E-state index contributed by atoms with van der Waals surface area (Å²) < 4.78 is 4.96. The van der Waals surface area contributed by atoms with Crippen LogP contribution in [-0.2, 0) is 11.2 Å². The van der Waals surface area contributed by atoms with E-state index in [9.17, 15) is 4.79 Å². The minimum Gasteiger partial charge on any atom is -0.427 e. The van der Waals surface area contributed by atoms with Crippen molar-refractivity contribution in [3.8, 4) is 5.75 Å². The van der Waals surface area contributed by atoms with E-state index < -0.39 is 0 Å². The number of esters is 1. The molecular formula is C15H24O2. The first-order valence-corrected chi connectivity index (χ1v) is 6.14. The van der Waals surface area contributed by atoms with E-state index in [-0.39, 0.29) is 11.4 Å². The third-order valence-electron chi connectivity index (χ3n) is 1.92. The van der Waals surface area contributed by atoms with Crippen LogP contribution in [0, 0.1) is 5.41 Å². The summed E-state index contributed by atoms with van der Waals surface area (Å²) in [5.41, 5.74) is 1.54. The lowest BCUT2D eigenvalue weighted by atomic mass is 9.88. The van der Waals surface area contributed by atoms with Crippen LogP contribution in [0.5, 0.6) is 5.75 Å². The summed E-state index contributed by atoms with van der Waals surface area (Å²) in [6, 6.07) is 7.68. The fourth-order valence-corrected chi connectivity index (χ4v) is 1.45. The van der Waals surface area contributed by atoms with Crippen LogP contribution in [0.2, 0.25) is 0 Å². The van der Waals surface area contributed by atoms with Gasteiger partial charge in [0.05, 0.1) is 0 Å². The van der Waals surface area contributed by atoms with Gasteiger partial charge in [-0.15, -0.1) is 0 Å². The number of hydrogen-bond acceptors (Lipinski definition) is 2. The maximum absolute atomic E-state index is 10.7. The average Bonchev–Trinajstić information content (AvgIpc) is 2.21. The fraction of sp³-hybridized carbons (Fsp3) is 0.533. The van der Waals surface area contributed by atoms with Crippen molar-refractivity contribution < 1.29 is 9.53 Å². The van der Waals surface area contributed by atoms with Crippen molar-refractivity contribution in [2.45, 2.75) is 48.0 Å². The topological polar surface area (TPSA) is 26.3 Å². The van der Waals surface area contributed by atoms with Gasteiger partial charge in [0.2, 0.25) is 0 Å². The number of carbonyl (C=O) groups is 1. The highest BCUT2D eigenvalue weighted by molar-refractivity contribution is 5.69. The van der Waals surface area contributed by atoms with Gasteiger partial charge in [-0.05, 0) is 29.5 Å². The zero-order chi connectivity index (χ0) is 13.5. The van der Waals surface area contributed by atoms with Gasteiger partial charge in [-0.25, -0.2) is 0 Å². The first kappa shape index (κ1) is 15.7. The number of hydrogen-bond donors (Lipinski definition) is 0. The predicted octanol–water partition coefficient (Wildman–Crippen LogP) is 4.23. The molecule has 0 radical (unpaired) electrons. The summed E-state index contributed by atoms with van der Waals surface area (Å²) in [4.78, 5) is 10.7. The fourth-order valence-electron chi connectivity index (χ4n) is 1.45. The number of carbonyl (C=O) groups excluding carboxylic acids is 1. The molecule has 0 saturated carbocycles. The summed E-state index contributed by atoms with van der Waals surface area (Å²) in [7, 11) is 0. The van der Waals surface area contributed by atoms with Crippen molar-refractivity contribution in [3.63, 3.8) is 0 Å². The lowest BCUT2D eigenvalue weighted by Crippen LogP contribution is -2.09. The van der Waals surface area contributed by atoms with Gasteiger partial charge >= 0.3 is 5.97 Å². The normalized spacial score (nSPS) is 10.2. The molecule has 0 fully saturated rings. The molecule has 1 aromatic rings. The van der Waals surface area contributed by atoms with Gasteiger partial charge in [0.25, 0.3) is 0 Å². The van der Waals surface area contributed by atoms with Crippen LogP contribution in [0.1, 0.15) is 47.1 Å². The Balaban J connectivity index is 0.00000121. The molecular weight excluding hydrogens is 212 g/mol. The molecule has 0 aromatic heterocycles. The Morgan fingerprint density at radius 1 is 1.12 bits per heavy atom. The Labute approximate surface area is 105 Å². The number of ether oxygens (including phenoxy) is 1. The minimum atomic E-state index is -0.279. The van der Waals surface area contributed by atoms with Gasteiger partial charge in [0.1, 0.15) is 5.75 Å². The Kier molecular flexibility index (Phi) is 6.55. The van der Waals surface area contributed by atoms with Crippen LogP contribution in [-0.4, -0.2) is 5.97 Å². The molecule has 0 N–H and O–H groups in total. The Hall–Kier alpha value is -1.31. The van der Waals surface area contributed by atoms with Crippen LogP contribution in [0.4, 0.5) is 0 Å². The van der Waals surface area contributed by atoms with E-state index in [1.165, 1.54) is 12.5 Å². The van der Waals surface area contributed by atoms with Crippen molar-refractivity contribution in [3.05, 3.63) is 29.8 Å². The van der Waals surface area contributed by atoms with Crippen molar-refractivity contribution in [2.75, 3.05) is 0 Å². The maximum Gasteiger partial charge on any atom is 0.308 e. The zero-order valence-corrected chi connectivity index (χ0v) is 11.8. The maximum atomic E-state index is 10.7. The Morgan fingerprint density at radius 3 is 1.94 bits per heavy atom. The van der Waals surface area contributed by atoms with Gasteiger partial charge < -0.3 is 4.74 Å². The van der Waals surface area contributed by atoms with Crippen molar-refractivity contribution in [1.82, 2.24) is 0 Å². The van der Waals surface area contributed by atoms with Gasteiger partial charge in [0.15, 0.2) is 0 Å². The third kappa shape index (κ3) is 7.56. The van der Waals surface area contributed by atoms with Crippen LogP contribution in [0.3, 0.4) is 0 Å². The van der Waals surface area contributed by atoms with Crippen LogP contribution in [0.25, 0.3) is 0 Å². The molecule has 0 bridgehead atoms. The first-order valence-electron chi connectivity index (χ1n) is 6.14. The summed E-state index contributed by atoms with van der Waals surface area (Å²) in [6.45, 7) is 12.0. The largest absolute Gasteiger partial charge is 0.427 e. The van der Waals surface area contributed by atoms with Crippen molar-refractivity contribution >= 4 is 5.97 Å². The summed E-state index contributed by atoms with van der Waals surface area (Å²) in [5.74, 6) is 0.332. The van der Waals surface area contributed by atoms with Gasteiger partial charge in [-0.1, -0.05) is 46.8 Å². The van der Waals surface area contributed by atoms with E-state index in [1.807, 2.05) is 38.1 Å². The molecule has 17 heavy (non-hydrogen) atoms. The van der Waals surface area contributed by atoms with Crippen LogP contribution < -0.4 is 4.74 Å². The predicted molar refractivity (Wildman–Crippen MR) is 72.3 cm³/mol. The highest BCUT2D eigenvalue weighted by Gasteiger charge is 2.11. The zero-order valence-electron chi connectivity index (χ0n) is 11.8. The molecule has 2 nitrogen and oxygen atoms in total. The van der Waals surface area contributed by atoms with E-state index in [1.54, 1.807) is 0 Å². The molecule has 1 rings (SSSR count). The standard InChI is InChI=1S/C13H18O2.C2H6/c1-10(14)15-12-7-5-11(6-8-12)9-13(2,3)4;1-2/h5-8H,9H2,1-4H3;1-2H3. The molecule has 0 unspecified atom stereocenters. The molecule has 0 amide bonds. The molecule has 0 heterocycles. The molecule has 0 saturated heterocycles. The molecule has 0 aliphatic heterocycles. The number of rotatable bonds is 2. The van der Waals surface area contributed by atoms with Gasteiger partial charge in [-0.3, -0.25) is 4.79 Å². The SMILES string of the molecule is CC.CC(=O)Oc1ccc(CC(C)(C)C)cc1. The minimum absolute atomic E-state index is 0.279. The molecule has 1 aromatic carbocycles. The van der Waals surface area contributed by atoms with Crippen molar-refractivity contribution in [1.29, 1.82) is 0 Å². The Bertz CT molecular complexity index is 331. The molecule has 0 aliphatic rings. The highest BCUT2D eigenvalue weighted by Crippen LogP contribution is 2.22. The summed E-state index contributed by atoms with van der Waals surface area (Å²) in [5, 5.41) is 0. The molecule has 0 spiro atoms. The lowest BCUT2D eigenvalue weighted by Gasteiger charge is -2.18. The van der Waals surface area contributed by atoms with Gasteiger partial charge in [0, 0.05) is 6.92 Å². The highest BCUT2D eigenvalue weighted by atomic mass is 16.5. The average molecular weight is 236 g/mol. The van der Waals surface area contributed by atoms with E-state index >= 15 is 0 Å². The lowest BCUT2D eigenvalue weighted by molar-refractivity contribution is -0.131. The van der Waals surface area contributed by atoms with E-state index in [4.69, 9.17) is 4.74 Å². The second kappa shape index (κ2) is 7.10. The van der Waals surface area contributed by atoms with E-state index in [0.717, 1.165) is 6.42 Å². The van der Waals surface area contributed by atoms with Crippen LogP contribution >= 0.6 is 0 Å². The Morgan fingerprint density at radius 2 is 1.59 bits per heavy atom. The molecule has 2 heteroatoms. The van der Waals surface area contributed by atoms with Crippen molar-refractivity contribution in [2.24, 2.45) is 5.41 Å². The van der Waals surface area contributed by atoms with Crippen LogP contribution in [0.15, 0.2) is 24.3 Å². The third-order valence-corrected chi connectivity index (χ3v) is 1.92. The molecule has 0 atom stereocenters. The summed E-state index contributed by atoms with van der Waals surface area (Å²) >= 11 is 0. The number of benzene rings is 1. The first-order chi connectivity index (χ1) is 7.87.